The van der Waals surface area contributed by atoms with Crippen LogP contribution < -0.4 is 0 Å². The number of nitrogens with zero attached hydrogens (tertiary/aromatic N) is 6. The minimum absolute atomic E-state index is 0.184. The van der Waals surface area contributed by atoms with Gasteiger partial charge in [-0.2, -0.15) is 0 Å². The Labute approximate surface area is 137 Å². The van der Waals surface area contributed by atoms with E-state index in [1.807, 2.05) is 14.1 Å². The molecule has 0 saturated heterocycles. The molecule has 0 bridgehead atoms. The van der Waals surface area contributed by atoms with Gasteiger partial charge in [0.2, 0.25) is 0 Å². The lowest BCUT2D eigenvalue weighted by molar-refractivity contribution is 0.169. The third-order valence-corrected chi connectivity index (χ3v) is 3.58. The maximum absolute atomic E-state index is 11.1. The average Bonchev–Trinajstić information content (AvgIpc) is 2.84. The molecule has 2 aromatic heterocycles. The van der Waals surface area contributed by atoms with E-state index in [9.17, 15) is 4.57 Å². The van der Waals surface area contributed by atoms with E-state index < -0.39 is 5.85 Å². The van der Waals surface area contributed by atoms with Gasteiger partial charge in [-0.1, -0.05) is 0 Å². The number of ether oxygens (including phenoxy) is 1. The number of halogens is 2. The second kappa shape index (κ2) is 7.37. The zero-order chi connectivity index (χ0) is 16.2. The van der Waals surface area contributed by atoms with Gasteiger partial charge >= 0.3 is 0 Å². The summed E-state index contributed by atoms with van der Waals surface area (Å²) >= 11 is 10.8. The van der Waals surface area contributed by atoms with Crippen molar-refractivity contribution in [1.82, 2.24) is 24.4 Å². The van der Waals surface area contributed by atoms with Crippen LogP contribution in [-0.4, -0.2) is 57.8 Å². The number of aromatic nitrogens is 4. The molecule has 0 aromatic carbocycles. The third-order valence-electron chi connectivity index (χ3n) is 2.51. The molecule has 120 valence electrons. The second-order valence-electron chi connectivity index (χ2n) is 4.62. The molecule has 2 rings (SSSR count). The van der Waals surface area contributed by atoms with Crippen molar-refractivity contribution in [3.05, 3.63) is 12.7 Å². The number of rotatable bonds is 7. The number of fused-ring (bicyclic) bond motifs is 1. The van der Waals surface area contributed by atoms with E-state index in [0.29, 0.717) is 23.5 Å². The lowest BCUT2D eigenvalue weighted by atomic mass is 10.5. The highest BCUT2D eigenvalue weighted by molar-refractivity contribution is 8.08. The summed E-state index contributed by atoms with van der Waals surface area (Å²) in [5.74, 6) is -2.71. The first-order valence-electron chi connectivity index (χ1n) is 6.29. The minimum Gasteiger partial charge on any atom is -0.369 e. The molecule has 0 aliphatic heterocycles. The molecule has 0 spiro atoms. The van der Waals surface area contributed by atoms with Gasteiger partial charge in [0.05, 0.1) is 19.3 Å². The van der Waals surface area contributed by atoms with Gasteiger partial charge in [0.15, 0.2) is 17.0 Å². The fourth-order valence-electron chi connectivity index (χ4n) is 1.63. The smallest absolute Gasteiger partial charge is 0.277 e. The summed E-state index contributed by atoms with van der Waals surface area (Å²) in [5, 5.41) is 0. The Hall–Kier alpha value is -1.21. The molecule has 2 aromatic rings. The molecular formula is C11H15Cl2N6O2P. The molecule has 0 N–H and O–H groups in total. The molecule has 0 aliphatic rings. The normalized spacial score (nSPS) is 12.4. The molecule has 0 radical (unpaired) electrons. The molecule has 22 heavy (non-hydrogen) atoms. The first-order valence-corrected chi connectivity index (χ1v) is 9.99. The van der Waals surface area contributed by atoms with Crippen LogP contribution in [0.3, 0.4) is 0 Å². The fraction of sp³-hybridized carbons (Fsp3) is 0.455. The highest BCUT2D eigenvalue weighted by Crippen LogP contribution is 2.56. The Balaban J connectivity index is 2.09. The maximum atomic E-state index is 11.1. The van der Waals surface area contributed by atoms with E-state index >= 15 is 0 Å². The minimum atomic E-state index is -3.20. The molecule has 0 fully saturated rings. The van der Waals surface area contributed by atoms with Crippen LogP contribution >= 0.6 is 28.3 Å². The van der Waals surface area contributed by atoms with Gasteiger partial charge in [-0.25, -0.2) is 19.9 Å². The maximum Gasteiger partial charge on any atom is 0.277 e. The van der Waals surface area contributed by atoms with Crippen molar-refractivity contribution in [1.29, 1.82) is 0 Å². The molecule has 0 atom stereocenters. The topological polar surface area (TPSA) is 85.5 Å². The summed E-state index contributed by atoms with van der Waals surface area (Å²) < 4.78 is 18.1. The Morgan fingerprint density at radius 2 is 2.18 bits per heavy atom. The number of hydrogen-bond acceptors (Lipinski definition) is 6. The van der Waals surface area contributed by atoms with Gasteiger partial charge in [0.25, 0.3) is 5.85 Å². The van der Waals surface area contributed by atoms with Crippen LogP contribution in [0.25, 0.3) is 11.2 Å². The summed E-state index contributed by atoms with van der Waals surface area (Å²) in [6.07, 6.45) is 4.51. The first-order chi connectivity index (χ1) is 10.4. The van der Waals surface area contributed by atoms with Gasteiger partial charge in [-0.3, -0.25) is 4.57 Å². The van der Waals surface area contributed by atoms with Crippen LogP contribution in [0.4, 0.5) is 5.82 Å². The lowest BCUT2D eigenvalue weighted by Gasteiger charge is -2.06. The van der Waals surface area contributed by atoms with Crippen LogP contribution in [0.2, 0.25) is 0 Å². The number of hydrogen-bond donors (Lipinski definition) is 0. The third kappa shape index (κ3) is 4.91. The zero-order valence-electron chi connectivity index (χ0n) is 12.1. The Morgan fingerprint density at radius 1 is 1.41 bits per heavy atom. The van der Waals surface area contributed by atoms with Crippen molar-refractivity contribution in [2.45, 2.75) is 6.54 Å². The van der Waals surface area contributed by atoms with Crippen LogP contribution in [0.1, 0.15) is 0 Å². The average molecular weight is 365 g/mol. The highest BCUT2D eigenvalue weighted by atomic mass is 35.9. The predicted molar refractivity (Wildman–Crippen MR) is 87.3 cm³/mol. The van der Waals surface area contributed by atoms with Gasteiger partial charge in [0.1, 0.15) is 12.7 Å². The largest absolute Gasteiger partial charge is 0.369 e. The Morgan fingerprint density at radius 3 is 2.86 bits per heavy atom. The molecule has 2 heterocycles. The summed E-state index contributed by atoms with van der Waals surface area (Å²) in [6, 6.07) is 0. The van der Waals surface area contributed by atoms with Crippen molar-refractivity contribution in [3.63, 3.8) is 0 Å². The van der Waals surface area contributed by atoms with E-state index in [2.05, 4.69) is 19.9 Å². The van der Waals surface area contributed by atoms with Crippen LogP contribution in [0.5, 0.6) is 0 Å². The summed E-state index contributed by atoms with van der Waals surface area (Å²) in [4.78, 5) is 18.6. The van der Waals surface area contributed by atoms with Gasteiger partial charge in [-0.05, 0) is 22.5 Å². The molecule has 11 heteroatoms. The molecule has 0 unspecified atom stereocenters. The molecule has 0 aliphatic carbocycles. The van der Waals surface area contributed by atoms with Crippen molar-refractivity contribution < 1.29 is 9.30 Å². The van der Waals surface area contributed by atoms with Crippen molar-refractivity contribution >= 4 is 51.6 Å². The molecule has 0 amide bonds. The van der Waals surface area contributed by atoms with Gasteiger partial charge < -0.3 is 14.2 Å². The second-order valence-corrected chi connectivity index (χ2v) is 9.82. The van der Waals surface area contributed by atoms with Gasteiger partial charge in [0, 0.05) is 20.6 Å². The fourth-order valence-corrected chi connectivity index (χ4v) is 2.39. The van der Waals surface area contributed by atoms with E-state index in [1.165, 1.54) is 6.33 Å². The monoisotopic (exact) mass is 364 g/mol. The van der Waals surface area contributed by atoms with E-state index in [-0.39, 0.29) is 13.0 Å². The van der Waals surface area contributed by atoms with Crippen LogP contribution in [-0.2, 0) is 15.8 Å². The molecule has 8 nitrogen and oxygen atoms in total. The quantitative estimate of drug-likeness (QED) is 0.325. The lowest BCUT2D eigenvalue weighted by Crippen LogP contribution is -2.07. The standard InChI is InChI=1S/C11H15Cl2N6O2P/c1-18(2)6-17-10-9-11(15-5-14-10)19(7-16-9)3-4-21-8-22(12,13)20/h5-7H,3-4,8H2,1-2H3. The molecule has 0 saturated carbocycles. The van der Waals surface area contributed by atoms with E-state index in [1.54, 1.807) is 22.1 Å². The van der Waals surface area contributed by atoms with E-state index in [4.69, 9.17) is 27.2 Å². The summed E-state index contributed by atoms with van der Waals surface area (Å²) in [5.41, 5.74) is 1.24. The Bertz CT molecular complexity index is 714. The summed E-state index contributed by atoms with van der Waals surface area (Å²) in [7, 11) is 3.73. The predicted octanol–water partition coefficient (Wildman–Crippen LogP) is 2.69. The SMILES string of the molecule is CN(C)C=Nc1ncnc2c1ncn2CCOCP(=O)(Cl)Cl. The van der Waals surface area contributed by atoms with Crippen molar-refractivity contribution in [2.75, 3.05) is 27.1 Å². The molecular weight excluding hydrogens is 350 g/mol. The zero-order valence-corrected chi connectivity index (χ0v) is 14.5. The van der Waals surface area contributed by atoms with Crippen LogP contribution in [0.15, 0.2) is 17.6 Å². The number of imidazole rings is 1. The van der Waals surface area contributed by atoms with Crippen molar-refractivity contribution in [3.8, 4) is 0 Å². The Kier molecular flexibility index (Phi) is 5.74. The van der Waals surface area contributed by atoms with Crippen LogP contribution in [0, 0.1) is 0 Å². The van der Waals surface area contributed by atoms with Crippen molar-refractivity contribution in [2.24, 2.45) is 4.99 Å². The van der Waals surface area contributed by atoms with E-state index in [0.717, 1.165) is 0 Å². The highest BCUT2D eigenvalue weighted by Gasteiger charge is 2.14. The summed E-state index contributed by atoms with van der Waals surface area (Å²) in [6.45, 7) is 0.757. The number of aliphatic imine (C=N–C) groups is 1. The first kappa shape index (κ1) is 17.1. The van der Waals surface area contributed by atoms with Gasteiger partial charge in [-0.15, -0.1) is 0 Å².